The molecule has 1 aliphatic heterocycles. The lowest BCUT2D eigenvalue weighted by Crippen LogP contribution is -2.41. The maximum Gasteiger partial charge on any atom is 0.222 e. The average molecular weight is 441 g/mol. The van der Waals surface area contributed by atoms with Crippen molar-refractivity contribution in [2.45, 2.75) is 44.1 Å². The van der Waals surface area contributed by atoms with Crippen LogP contribution >= 0.6 is 11.6 Å². The average Bonchev–Trinajstić information content (AvgIpc) is 3.38. The number of hydrogen-bond acceptors (Lipinski definition) is 4. The van der Waals surface area contributed by atoms with Crippen LogP contribution < -0.4 is 16.0 Å². The zero-order valence-electron chi connectivity index (χ0n) is 16.7. The topological polar surface area (TPSA) is 99.7 Å². The van der Waals surface area contributed by atoms with E-state index in [4.69, 9.17) is 16.6 Å². The van der Waals surface area contributed by atoms with E-state index < -0.39 is 9.84 Å². The van der Waals surface area contributed by atoms with Gasteiger partial charge in [0.05, 0.1) is 18.1 Å². The van der Waals surface area contributed by atoms with E-state index in [9.17, 15) is 13.2 Å². The molecular weight excluding hydrogens is 412 g/mol. The number of guanidine groups is 1. The van der Waals surface area contributed by atoms with Crippen LogP contribution in [0.2, 0.25) is 5.02 Å². The molecule has 1 aliphatic carbocycles. The first-order valence-electron chi connectivity index (χ1n) is 10.1. The number of nitrogens with one attached hydrogen (secondary N) is 3. The van der Waals surface area contributed by atoms with Gasteiger partial charge in [0.1, 0.15) is 0 Å². The molecule has 2 fully saturated rings. The number of sulfone groups is 1. The maximum atomic E-state index is 12.1. The predicted molar refractivity (Wildman–Crippen MR) is 116 cm³/mol. The lowest BCUT2D eigenvalue weighted by Gasteiger charge is -2.16. The van der Waals surface area contributed by atoms with E-state index in [0.717, 1.165) is 24.4 Å². The fraction of sp³-hybridized carbons (Fsp3) is 0.600. The molecule has 0 bridgehead atoms. The Labute approximate surface area is 177 Å². The molecule has 1 atom stereocenters. The second kappa shape index (κ2) is 9.34. The Hall–Kier alpha value is -1.80. The molecule has 1 heterocycles. The van der Waals surface area contributed by atoms with Crippen molar-refractivity contribution in [3.05, 3.63) is 34.9 Å². The van der Waals surface area contributed by atoms with Crippen LogP contribution in [-0.2, 0) is 20.0 Å². The van der Waals surface area contributed by atoms with Gasteiger partial charge in [-0.3, -0.25) is 9.79 Å². The van der Waals surface area contributed by atoms with Crippen molar-refractivity contribution in [1.29, 1.82) is 0 Å². The summed E-state index contributed by atoms with van der Waals surface area (Å²) < 4.78 is 23.0. The van der Waals surface area contributed by atoms with Gasteiger partial charge in [0, 0.05) is 36.0 Å². The number of halogens is 1. The maximum absolute atomic E-state index is 12.1. The summed E-state index contributed by atoms with van der Waals surface area (Å²) in [5, 5.41) is 9.94. The fourth-order valence-corrected chi connectivity index (χ4v) is 5.45. The van der Waals surface area contributed by atoms with Crippen LogP contribution in [0.1, 0.15) is 38.2 Å². The first-order chi connectivity index (χ1) is 13.8. The van der Waals surface area contributed by atoms with E-state index in [0.29, 0.717) is 25.5 Å². The molecule has 3 rings (SSSR count). The van der Waals surface area contributed by atoms with Gasteiger partial charge in [-0.2, -0.15) is 0 Å². The highest BCUT2D eigenvalue weighted by atomic mass is 35.5. The summed E-state index contributed by atoms with van der Waals surface area (Å²) in [6, 6.07) is 7.70. The number of carbonyl (C=O) groups is 1. The van der Waals surface area contributed by atoms with Crippen molar-refractivity contribution in [2.24, 2.45) is 4.99 Å². The molecule has 1 unspecified atom stereocenters. The molecule has 1 amide bonds. The lowest BCUT2D eigenvalue weighted by molar-refractivity contribution is -0.121. The number of carbonyl (C=O) groups excluding carboxylic acids is 1. The summed E-state index contributed by atoms with van der Waals surface area (Å²) in [5.41, 5.74) is 1.27. The highest BCUT2D eigenvalue weighted by Gasteiger charge is 2.44. The van der Waals surface area contributed by atoms with Gasteiger partial charge >= 0.3 is 0 Å². The largest absolute Gasteiger partial charge is 0.357 e. The van der Waals surface area contributed by atoms with Crippen molar-refractivity contribution in [3.63, 3.8) is 0 Å². The van der Waals surface area contributed by atoms with E-state index >= 15 is 0 Å². The van der Waals surface area contributed by atoms with Crippen molar-refractivity contribution >= 4 is 33.3 Å². The number of benzene rings is 1. The van der Waals surface area contributed by atoms with E-state index in [-0.39, 0.29) is 35.3 Å². The minimum Gasteiger partial charge on any atom is -0.357 e. The van der Waals surface area contributed by atoms with Crippen LogP contribution in [0.3, 0.4) is 0 Å². The van der Waals surface area contributed by atoms with Crippen LogP contribution in [0.5, 0.6) is 0 Å². The number of hydrogen-bond donors (Lipinski definition) is 3. The molecule has 1 aromatic rings. The Morgan fingerprint density at radius 1 is 1.31 bits per heavy atom. The third kappa shape index (κ3) is 6.34. The van der Waals surface area contributed by atoms with Crippen molar-refractivity contribution in [3.8, 4) is 0 Å². The highest BCUT2D eigenvalue weighted by molar-refractivity contribution is 7.91. The zero-order chi connectivity index (χ0) is 20.9. The van der Waals surface area contributed by atoms with Crippen LogP contribution in [-0.4, -0.2) is 57.5 Å². The molecule has 1 saturated carbocycles. The quantitative estimate of drug-likeness (QED) is 0.421. The van der Waals surface area contributed by atoms with Crippen LogP contribution in [0.15, 0.2) is 29.3 Å². The molecule has 3 N–H and O–H groups in total. The summed E-state index contributed by atoms with van der Waals surface area (Å²) in [6.45, 7) is 3.81. The number of nitrogens with zero attached hydrogens (tertiary/aromatic N) is 1. The normalized spacial score (nSPS) is 22.1. The van der Waals surface area contributed by atoms with Gasteiger partial charge < -0.3 is 16.0 Å². The Kier molecular flexibility index (Phi) is 7.05. The van der Waals surface area contributed by atoms with Crippen molar-refractivity contribution in [2.75, 3.05) is 31.1 Å². The first-order valence-corrected chi connectivity index (χ1v) is 12.3. The highest BCUT2D eigenvalue weighted by Crippen LogP contribution is 2.48. The molecule has 29 heavy (non-hydrogen) atoms. The SMILES string of the molecule is CCNC(=NCC1(c2cccc(Cl)c2)CC1)NCCC(=O)NC1CCS(=O)(=O)C1. The molecule has 1 aromatic carbocycles. The number of rotatable bonds is 8. The monoisotopic (exact) mass is 440 g/mol. The third-order valence-electron chi connectivity index (χ3n) is 5.42. The molecule has 1 saturated heterocycles. The second-order valence-corrected chi connectivity index (χ2v) is 10.5. The molecule has 0 radical (unpaired) electrons. The number of aliphatic imine (C=N–C) groups is 1. The molecule has 7 nitrogen and oxygen atoms in total. The van der Waals surface area contributed by atoms with E-state index in [1.54, 1.807) is 0 Å². The van der Waals surface area contributed by atoms with Crippen molar-refractivity contribution < 1.29 is 13.2 Å². The smallest absolute Gasteiger partial charge is 0.222 e. The van der Waals surface area contributed by atoms with Gasteiger partial charge in [0.25, 0.3) is 0 Å². The Morgan fingerprint density at radius 3 is 2.72 bits per heavy atom. The second-order valence-electron chi connectivity index (χ2n) is 7.83. The predicted octanol–water partition coefficient (Wildman–Crippen LogP) is 1.62. The third-order valence-corrected chi connectivity index (χ3v) is 7.42. The van der Waals surface area contributed by atoms with Crippen LogP contribution in [0, 0.1) is 0 Å². The Morgan fingerprint density at radius 2 is 2.10 bits per heavy atom. The molecule has 2 aliphatic rings. The van der Waals surface area contributed by atoms with Gasteiger partial charge in [-0.15, -0.1) is 0 Å². The summed E-state index contributed by atoms with van der Waals surface area (Å²) in [4.78, 5) is 16.8. The molecule has 160 valence electrons. The minimum absolute atomic E-state index is 0.0435. The Balaban J connectivity index is 1.48. The van der Waals surface area contributed by atoms with E-state index in [2.05, 4.69) is 22.0 Å². The van der Waals surface area contributed by atoms with Gasteiger partial charge in [-0.25, -0.2) is 8.42 Å². The summed E-state index contributed by atoms with van der Waals surface area (Å²) >= 11 is 6.13. The van der Waals surface area contributed by atoms with Gasteiger partial charge in [0.15, 0.2) is 15.8 Å². The first kappa shape index (κ1) is 21.9. The van der Waals surface area contributed by atoms with E-state index in [1.165, 1.54) is 5.56 Å². The van der Waals surface area contributed by atoms with Gasteiger partial charge in [0.2, 0.25) is 5.91 Å². The molecule has 0 aromatic heterocycles. The molecule has 9 heteroatoms. The molecule has 0 spiro atoms. The van der Waals surface area contributed by atoms with Gasteiger partial charge in [-0.1, -0.05) is 23.7 Å². The number of amides is 1. The minimum atomic E-state index is -2.99. The lowest BCUT2D eigenvalue weighted by atomic mass is 9.96. The van der Waals surface area contributed by atoms with Gasteiger partial charge in [-0.05, 0) is 43.9 Å². The zero-order valence-corrected chi connectivity index (χ0v) is 18.3. The summed E-state index contributed by atoms with van der Waals surface area (Å²) in [7, 11) is -2.99. The molecular formula is C20H29ClN4O3S. The van der Waals surface area contributed by atoms with Crippen molar-refractivity contribution in [1.82, 2.24) is 16.0 Å². The van der Waals surface area contributed by atoms with Crippen LogP contribution in [0.4, 0.5) is 0 Å². The van der Waals surface area contributed by atoms with Crippen LogP contribution in [0.25, 0.3) is 0 Å². The fourth-order valence-electron chi connectivity index (χ4n) is 3.58. The standard InChI is InChI=1S/C20H29ClN4O3S/c1-2-22-19(23-10-6-18(26)25-17-7-11-29(27,28)13-17)24-14-20(8-9-20)15-4-3-5-16(21)12-15/h3-5,12,17H,2,6-11,13-14H2,1H3,(H,25,26)(H2,22,23,24). The van der Waals surface area contributed by atoms with E-state index in [1.807, 2.05) is 25.1 Å². The summed E-state index contributed by atoms with van der Waals surface area (Å²) in [6.07, 6.45) is 2.93. The summed E-state index contributed by atoms with van der Waals surface area (Å²) in [5.74, 6) is 0.731. The Bertz CT molecular complexity index is 868.